The largest absolute Gasteiger partial charge is 0.493 e. The van der Waals surface area contributed by atoms with E-state index in [1.807, 2.05) is 66.9 Å². The number of methoxy groups -OCH3 is 2. The number of rotatable bonds is 8. The summed E-state index contributed by atoms with van der Waals surface area (Å²) in [5, 5.41) is 16.4. The standard InChI is InChI=1S/C28H24N4O3/c1-34-25-14-10-21(18-26(25)35-2)28-22(19-32(31-28)24-6-4-3-5-7-24)11-15-27(33)30-23-12-8-20(9-13-23)16-17-29/h3-15,18-19H,16H2,1-2H3,(H,30,33)/b15-11+. The van der Waals surface area contributed by atoms with Gasteiger partial charge in [0.25, 0.3) is 0 Å². The molecule has 1 heterocycles. The molecular formula is C28H24N4O3. The number of anilines is 1. The zero-order valence-electron chi connectivity index (χ0n) is 19.4. The van der Waals surface area contributed by atoms with Gasteiger partial charge >= 0.3 is 0 Å². The number of amides is 1. The van der Waals surface area contributed by atoms with Crippen LogP contribution in [0, 0.1) is 11.3 Å². The van der Waals surface area contributed by atoms with Gasteiger partial charge in [-0.3, -0.25) is 4.79 Å². The Kier molecular flexibility index (Phi) is 7.24. The van der Waals surface area contributed by atoms with Crippen molar-refractivity contribution in [3.8, 4) is 34.5 Å². The van der Waals surface area contributed by atoms with Crippen LogP contribution in [-0.2, 0) is 11.2 Å². The van der Waals surface area contributed by atoms with Crippen molar-refractivity contribution in [3.05, 3.63) is 96.2 Å². The minimum Gasteiger partial charge on any atom is -0.493 e. The van der Waals surface area contributed by atoms with Crippen LogP contribution < -0.4 is 14.8 Å². The minimum atomic E-state index is -0.274. The van der Waals surface area contributed by atoms with E-state index in [9.17, 15) is 4.79 Å². The number of hydrogen-bond acceptors (Lipinski definition) is 5. The van der Waals surface area contributed by atoms with Crippen LogP contribution >= 0.6 is 0 Å². The number of aromatic nitrogens is 2. The molecule has 0 spiro atoms. The lowest BCUT2D eigenvalue weighted by atomic mass is 10.1. The molecule has 0 unspecified atom stereocenters. The van der Waals surface area contributed by atoms with Crippen molar-refractivity contribution in [1.82, 2.24) is 9.78 Å². The maximum absolute atomic E-state index is 12.6. The lowest BCUT2D eigenvalue weighted by Crippen LogP contribution is -2.07. The molecular weight excluding hydrogens is 440 g/mol. The average molecular weight is 465 g/mol. The van der Waals surface area contributed by atoms with Gasteiger partial charge in [-0.15, -0.1) is 0 Å². The van der Waals surface area contributed by atoms with E-state index in [2.05, 4.69) is 11.4 Å². The Hall–Kier alpha value is -4.83. The number of hydrogen-bond donors (Lipinski definition) is 1. The molecule has 174 valence electrons. The normalized spacial score (nSPS) is 10.7. The van der Waals surface area contributed by atoms with Gasteiger partial charge in [0.05, 0.1) is 32.4 Å². The number of carbonyl (C=O) groups is 1. The van der Waals surface area contributed by atoms with Crippen LogP contribution in [-0.4, -0.2) is 29.9 Å². The van der Waals surface area contributed by atoms with Gasteiger partial charge in [-0.25, -0.2) is 4.68 Å². The highest BCUT2D eigenvalue weighted by Crippen LogP contribution is 2.33. The summed E-state index contributed by atoms with van der Waals surface area (Å²) in [5.74, 6) is 0.937. The molecule has 0 saturated carbocycles. The number of nitrogens with zero attached hydrogens (tertiary/aromatic N) is 3. The molecule has 0 radical (unpaired) electrons. The van der Waals surface area contributed by atoms with Crippen molar-refractivity contribution in [2.45, 2.75) is 6.42 Å². The van der Waals surface area contributed by atoms with Crippen molar-refractivity contribution in [2.24, 2.45) is 0 Å². The first kappa shape index (κ1) is 23.3. The molecule has 0 saturated heterocycles. The van der Waals surface area contributed by atoms with Crippen LogP contribution in [0.25, 0.3) is 23.0 Å². The van der Waals surface area contributed by atoms with Gasteiger partial charge in [0.1, 0.15) is 5.69 Å². The molecule has 0 fully saturated rings. The molecule has 0 aliphatic carbocycles. The van der Waals surface area contributed by atoms with Gasteiger partial charge in [0.2, 0.25) is 5.91 Å². The number of nitriles is 1. The second kappa shape index (κ2) is 10.9. The van der Waals surface area contributed by atoms with Gasteiger partial charge in [-0.05, 0) is 54.1 Å². The first-order chi connectivity index (χ1) is 17.1. The molecule has 0 atom stereocenters. The van der Waals surface area contributed by atoms with Crippen LogP contribution in [0.1, 0.15) is 11.1 Å². The number of para-hydroxylation sites is 1. The third-order valence-electron chi connectivity index (χ3n) is 5.34. The Morgan fingerprint density at radius 2 is 1.77 bits per heavy atom. The van der Waals surface area contributed by atoms with Crippen LogP contribution in [0.15, 0.2) is 85.1 Å². The Labute approximate surface area is 203 Å². The van der Waals surface area contributed by atoms with Crippen molar-refractivity contribution in [2.75, 3.05) is 19.5 Å². The lowest BCUT2D eigenvalue weighted by molar-refractivity contribution is -0.111. The number of carbonyl (C=O) groups excluding carboxylic acids is 1. The van der Waals surface area contributed by atoms with E-state index < -0.39 is 0 Å². The fourth-order valence-corrected chi connectivity index (χ4v) is 3.58. The molecule has 0 aliphatic rings. The Balaban J connectivity index is 1.64. The summed E-state index contributed by atoms with van der Waals surface area (Å²) >= 11 is 0. The van der Waals surface area contributed by atoms with E-state index >= 15 is 0 Å². The van der Waals surface area contributed by atoms with Gasteiger partial charge < -0.3 is 14.8 Å². The second-order valence-corrected chi connectivity index (χ2v) is 7.64. The number of ether oxygens (including phenoxy) is 2. The van der Waals surface area contributed by atoms with Crippen molar-refractivity contribution >= 4 is 17.7 Å². The van der Waals surface area contributed by atoms with E-state index in [1.54, 1.807) is 37.1 Å². The first-order valence-electron chi connectivity index (χ1n) is 10.9. The van der Waals surface area contributed by atoms with Crippen molar-refractivity contribution in [1.29, 1.82) is 5.26 Å². The Bertz CT molecular complexity index is 1380. The highest BCUT2D eigenvalue weighted by Gasteiger charge is 2.14. The summed E-state index contributed by atoms with van der Waals surface area (Å²) in [6.07, 6.45) is 5.41. The van der Waals surface area contributed by atoms with Gasteiger partial charge in [-0.2, -0.15) is 10.4 Å². The minimum absolute atomic E-state index is 0.274. The molecule has 3 aromatic carbocycles. The predicted octanol–water partition coefficient (Wildman–Crippen LogP) is 5.27. The summed E-state index contributed by atoms with van der Waals surface area (Å²) in [6, 6.07) is 24.6. The summed E-state index contributed by atoms with van der Waals surface area (Å²) < 4.78 is 12.6. The van der Waals surface area contributed by atoms with E-state index in [-0.39, 0.29) is 5.91 Å². The quantitative estimate of drug-likeness (QED) is 0.359. The van der Waals surface area contributed by atoms with E-state index in [0.29, 0.717) is 29.3 Å². The highest BCUT2D eigenvalue weighted by atomic mass is 16.5. The van der Waals surface area contributed by atoms with E-state index in [1.165, 1.54) is 6.08 Å². The van der Waals surface area contributed by atoms with Crippen molar-refractivity contribution < 1.29 is 14.3 Å². The van der Waals surface area contributed by atoms with Crippen LogP contribution in [0.2, 0.25) is 0 Å². The SMILES string of the molecule is COc1ccc(-c2nn(-c3ccccc3)cc2/C=C/C(=O)Nc2ccc(CC#N)cc2)cc1OC. The molecule has 4 aromatic rings. The van der Waals surface area contributed by atoms with E-state index in [0.717, 1.165) is 22.4 Å². The second-order valence-electron chi connectivity index (χ2n) is 7.64. The molecule has 0 aliphatic heterocycles. The summed E-state index contributed by atoms with van der Waals surface area (Å²) in [5.41, 5.74) is 4.73. The Morgan fingerprint density at radius 1 is 1.03 bits per heavy atom. The fraction of sp³-hybridized carbons (Fsp3) is 0.107. The lowest BCUT2D eigenvalue weighted by Gasteiger charge is -2.09. The highest BCUT2D eigenvalue weighted by molar-refractivity contribution is 6.02. The molecule has 1 N–H and O–H groups in total. The number of nitrogens with one attached hydrogen (secondary N) is 1. The average Bonchev–Trinajstić information content (AvgIpc) is 3.33. The molecule has 35 heavy (non-hydrogen) atoms. The molecule has 4 rings (SSSR count). The first-order valence-corrected chi connectivity index (χ1v) is 10.9. The maximum Gasteiger partial charge on any atom is 0.248 e. The maximum atomic E-state index is 12.6. The van der Waals surface area contributed by atoms with E-state index in [4.69, 9.17) is 19.8 Å². The molecule has 1 aromatic heterocycles. The third-order valence-corrected chi connectivity index (χ3v) is 5.34. The van der Waals surface area contributed by atoms with Crippen LogP contribution in [0.5, 0.6) is 11.5 Å². The van der Waals surface area contributed by atoms with Crippen LogP contribution in [0.3, 0.4) is 0 Å². The topological polar surface area (TPSA) is 89.2 Å². The van der Waals surface area contributed by atoms with Gasteiger partial charge in [0.15, 0.2) is 11.5 Å². The summed E-state index contributed by atoms with van der Waals surface area (Å²) in [4.78, 5) is 12.6. The monoisotopic (exact) mass is 464 g/mol. The molecule has 7 heteroatoms. The van der Waals surface area contributed by atoms with Gasteiger partial charge in [0, 0.05) is 29.1 Å². The summed E-state index contributed by atoms with van der Waals surface area (Å²) in [6.45, 7) is 0. The van der Waals surface area contributed by atoms with Crippen molar-refractivity contribution in [3.63, 3.8) is 0 Å². The predicted molar refractivity (Wildman–Crippen MR) is 136 cm³/mol. The molecule has 1 amide bonds. The van der Waals surface area contributed by atoms with Gasteiger partial charge in [-0.1, -0.05) is 30.3 Å². The molecule has 0 bridgehead atoms. The summed E-state index contributed by atoms with van der Waals surface area (Å²) in [7, 11) is 3.17. The number of benzene rings is 3. The molecule has 7 nitrogen and oxygen atoms in total. The third kappa shape index (κ3) is 5.57. The van der Waals surface area contributed by atoms with Crippen LogP contribution in [0.4, 0.5) is 5.69 Å². The Morgan fingerprint density at radius 3 is 2.46 bits per heavy atom. The smallest absolute Gasteiger partial charge is 0.248 e. The zero-order valence-corrected chi connectivity index (χ0v) is 19.4. The zero-order chi connectivity index (χ0) is 24.6. The fourth-order valence-electron chi connectivity index (χ4n) is 3.58.